The predicted molar refractivity (Wildman–Crippen MR) is 91.1 cm³/mol. The molecular formula is C15H18N4O4S. The summed E-state index contributed by atoms with van der Waals surface area (Å²) >= 11 is 0. The van der Waals surface area contributed by atoms with Crippen molar-refractivity contribution in [1.29, 1.82) is 0 Å². The van der Waals surface area contributed by atoms with Crippen LogP contribution in [0.4, 0.5) is 5.69 Å². The molecule has 0 spiro atoms. The third-order valence-electron chi connectivity index (χ3n) is 3.20. The van der Waals surface area contributed by atoms with Crippen molar-refractivity contribution in [2.24, 2.45) is 0 Å². The van der Waals surface area contributed by atoms with Gasteiger partial charge in [-0.1, -0.05) is 12.1 Å². The lowest BCUT2D eigenvalue weighted by molar-refractivity contribution is -0.116. The van der Waals surface area contributed by atoms with Crippen LogP contribution in [0.3, 0.4) is 0 Å². The van der Waals surface area contributed by atoms with E-state index in [-0.39, 0.29) is 24.4 Å². The highest BCUT2D eigenvalue weighted by atomic mass is 32.2. The normalized spacial score (nSPS) is 11.2. The van der Waals surface area contributed by atoms with Crippen LogP contribution in [-0.4, -0.2) is 37.3 Å². The summed E-state index contributed by atoms with van der Waals surface area (Å²) in [6.07, 6.45) is 1.06. The van der Waals surface area contributed by atoms with E-state index in [1.165, 1.54) is 6.07 Å². The SMILES string of the molecule is Cc1ccc(-c2ccc(=O)[nH]n2)cc1NC(=O)CCNS(C)(=O)=O. The molecule has 1 amide bonds. The highest BCUT2D eigenvalue weighted by Crippen LogP contribution is 2.23. The summed E-state index contributed by atoms with van der Waals surface area (Å²) in [6, 6.07) is 8.36. The average molecular weight is 350 g/mol. The van der Waals surface area contributed by atoms with Crippen LogP contribution in [0.2, 0.25) is 0 Å². The molecule has 2 rings (SSSR count). The molecule has 0 bridgehead atoms. The standard InChI is InChI=1S/C15H18N4O4S/c1-10-3-4-11(12-5-6-15(21)19-18-12)9-13(10)17-14(20)7-8-16-24(2,22)23/h3-6,9,16H,7-8H2,1-2H3,(H,17,20)(H,19,21). The molecule has 0 saturated heterocycles. The van der Waals surface area contributed by atoms with E-state index in [0.29, 0.717) is 11.4 Å². The monoisotopic (exact) mass is 350 g/mol. The van der Waals surface area contributed by atoms with Gasteiger partial charge in [0.15, 0.2) is 0 Å². The molecule has 1 aromatic heterocycles. The number of rotatable bonds is 6. The second-order valence-corrected chi connectivity index (χ2v) is 7.13. The first-order chi connectivity index (χ1) is 11.2. The van der Waals surface area contributed by atoms with Crippen LogP contribution in [0.1, 0.15) is 12.0 Å². The number of amides is 1. The van der Waals surface area contributed by atoms with Gasteiger partial charge in [-0.05, 0) is 24.6 Å². The fourth-order valence-electron chi connectivity index (χ4n) is 1.98. The number of aromatic amines is 1. The van der Waals surface area contributed by atoms with Crippen molar-refractivity contribution in [2.75, 3.05) is 18.1 Å². The highest BCUT2D eigenvalue weighted by Gasteiger charge is 2.09. The summed E-state index contributed by atoms with van der Waals surface area (Å²) in [6.45, 7) is 1.87. The third kappa shape index (κ3) is 5.28. The van der Waals surface area contributed by atoms with Gasteiger partial charge in [0.1, 0.15) is 0 Å². The van der Waals surface area contributed by atoms with Crippen LogP contribution in [-0.2, 0) is 14.8 Å². The molecule has 0 aliphatic carbocycles. The number of benzene rings is 1. The molecule has 0 unspecified atom stereocenters. The Labute approximate surface area is 139 Å². The third-order valence-corrected chi connectivity index (χ3v) is 3.93. The van der Waals surface area contributed by atoms with Gasteiger partial charge in [0.2, 0.25) is 15.9 Å². The lowest BCUT2D eigenvalue weighted by Crippen LogP contribution is -2.26. The highest BCUT2D eigenvalue weighted by molar-refractivity contribution is 7.88. The molecule has 3 N–H and O–H groups in total. The van der Waals surface area contributed by atoms with Crippen LogP contribution in [0, 0.1) is 6.92 Å². The zero-order valence-corrected chi connectivity index (χ0v) is 14.1. The van der Waals surface area contributed by atoms with E-state index in [1.54, 1.807) is 12.1 Å². The molecule has 1 heterocycles. The summed E-state index contributed by atoms with van der Waals surface area (Å²) in [7, 11) is -3.31. The Balaban J connectivity index is 2.10. The van der Waals surface area contributed by atoms with Crippen molar-refractivity contribution < 1.29 is 13.2 Å². The molecule has 0 aliphatic rings. The number of carbonyl (C=O) groups is 1. The van der Waals surface area contributed by atoms with E-state index in [9.17, 15) is 18.0 Å². The molecule has 24 heavy (non-hydrogen) atoms. The van der Waals surface area contributed by atoms with E-state index < -0.39 is 10.0 Å². The molecule has 0 fully saturated rings. The molecule has 0 aliphatic heterocycles. The number of aryl methyl sites for hydroxylation is 1. The Morgan fingerprint density at radius 1 is 1.25 bits per heavy atom. The van der Waals surface area contributed by atoms with E-state index in [4.69, 9.17) is 0 Å². The van der Waals surface area contributed by atoms with Crippen LogP contribution >= 0.6 is 0 Å². The number of sulfonamides is 1. The van der Waals surface area contributed by atoms with Gasteiger partial charge in [-0.15, -0.1) is 0 Å². The minimum atomic E-state index is -3.31. The van der Waals surface area contributed by atoms with Gasteiger partial charge in [-0.2, -0.15) is 5.10 Å². The molecule has 0 saturated carbocycles. The summed E-state index contributed by atoms with van der Waals surface area (Å²) in [5, 5.41) is 9.05. The van der Waals surface area contributed by atoms with Crippen LogP contribution in [0.25, 0.3) is 11.3 Å². The van der Waals surface area contributed by atoms with Crippen molar-refractivity contribution in [1.82, 2.24) is 14.9 Å². The van der Waals surface area contributed by atoms with Crippen LogP contribution < -0.4 is 15.6 Å². The van der Waals surface area contributed by atoms with Crippen molar-refractivity contribution in [3.63, 3.8) is 0 Å². The van der Waals surface area contributed by atoms with Gasteiger partial charge in [-0.3, -0.25) is 9.59 Å². The summed E-state index contributed by atoms with van der Waals surface area (Å²) < 4.78 is 24.2. The largest absolute Gasteiger partial charge is 0.326 e. The van der Waals surface area contributed by atoms with Gasteiger partial charge in [-0.25, -0.2) is 18.2 Å². The zero-order chi connectivity index (χ0) is 17.7. The Hall–Kier alpha value is -2.52. The van der Waals surface area contributed by atoms with Crippen molar-refractivity contribution in [3.05, 3.63) is 46.2 Å². The molecular weight excluding hydrogens is 332 g/mol. The maximum Gasteiger partial charge on any atom is 0.264 e. The van der Waals surface area contributed by atoms with E-state index >= 15 is 0 Å². The first kappa shape index (κ1) is 17.8. The number of aromatic nitrogens is 2. The number of anilines is 1. The Morgan fingerprint density at radius 2 is 2.00 bits per heavy atom. The second kappa shape index (κ2) is 7.37. The molecule has 0 atom stereocenters. The topological polar surface area (TPSA) is 121 Å². The minimum Gasteiger partial charge on any atom is -0.326 e. The second-order valence-electron chi connectivity index (χ2n) is 5.30. The fraction of sp³-hybridized carbons (Fsp3) is 0.267. The Morgan fingerprint density at radius 3 is 2.62 bits per heavy atom. The van der Waals surface area contributed by atoms with Crippen molar-refractivity contribution in [2.45, 2.75) is 13.3 Å². The minimum absolute atomic E-state index is 0.0215. The maximum absolute atomic E-state index is 11.9. The van der Waals surface area contributed by atoms with E-state index in [1.807, 2.05) is 19.1 Å². The first-order valence-electron chi connectivity index (χ1n) is 7.16. The first-order valence-corrected chi connectivity index (χ1v) is 9.05. The molecule has 9 heteroatoms. The number of carbonyl (C=O) groups excluding carboxylic acids is 1. The van der Waals surface area contributed by atoms with Crippen LogP contribution in [0.15, 0.2) is 35.1 Å². The summed E-state index contributed by atoms with van der Waals surface area (Å²) in [4.78, 5) is 23.0. The van der Waals surface area contributed by atoms with Gasteiger partial charge in [0.05, 0.1) is 11.9 Å². The zero-order valence-electron chi connectivity index (χ0n) is 13.3. The molecule has 1 aromatic carbocycles. The molecule has 2 aromatic rings. The number of nitrogens with one attached hydrogen (secondary N) is 3. The summed E-state index contributed by atoms with van der Waals surface area (Å²) in [5.74, 6) is -0.305. The van der Waals surface area contributed by atoms with Gasteiger partial charge in [0, 0.05) is 30.3 Å². The van der Waals surface area contributed by atoms with Crippen molar-refractivity contribution in [3.8, 4) is 11.3 Å². The van der Waals surface area contributed by atoms with Crippen LogP contribution in [0.5, 0.6) is 0 Å². The maximum atomic E-state index is 11.9. The Bertz CT molecular complexity index is 885. The Kier molecular flexibility index (Phi) is 5.47. The number of nitrogens with zero attached hydrogens (tertiary/aromatic N) is 1. The van der Waals surface area contributed by atoms with E-state index in [2.05, 4.69) is 20.2 Å². The van der Waals surface area contributed by atoms with Gasteiger partial charge < -0.3 is 5.32 Å². The van der Waals surface area contributed by atoms with Crippen molar-refractivity contribution >= 4 is 21.6 Å². The number of H-pyrrole nitrogens is 1. The van der Waals surface area contributed by atoms with E-state index in [0.717, 1.165) is 17.4 Å². The molecule has 0 radical (unpaired) electrons. The van der Waals surface area contributed by atoms with Gasteiger partial charge >= 0.3 is 0 Å². The average Bonchev–Trinajstić information content (AvgIpc) is 2.49. The summed E-state index contributed by atoms with van der Waals surface area (Å²) in [5.41, 5.74) is 2.47. The lowest BCUT2D eigenvalue weighted by Gasteiger charge is -2.10. The lowest BCUT2D eigenvalue weighted by atomic mass is 10.1. The molecule has 128 valence electrons. The number of hydrogen-bond donors (Lipinski definition) is 3. The smallest absolute Gasteiger partial charge is 0.264 e. The number of hydrogen-bond acceptors (Lipinski definition) is 5. The predicted octanol–water partition coefficient (Wildman–Crippen LogP) is 0.623. The quantitative estimate of drug-likeness (QED) is 0.705. The fourth-order valence-corrected chi connectivity index (χ4v) is 2.46. The van der Waals surface area contributed by atoms with Gasteiger partial charge in [0.25, 0.3) is 5.56 Å². The molecule has 8 nitrogen and oxygen atoms in total.